The van der Waals surface area contributed by atoms with Gasteiger partial charge in [-0.3, -0.25) is 4.90 Å². The first-order valence-corrected chi connectivity index (χ1v) is 9.09. The summed E-state index contributed by atoms with van der Waals surface area (Å²) in [4.78, 5) is 7.45. The lowest BCUT2D eigenvalue weighted by Gasteiger charge is -2.23. The van der Waals surface area contributed by atoms with Gasteiger partial charge in [0, 0.05) is 11.3 Å². The Hall–Kier alpha value is -0.410. The van der Waals surface area contributed by atoms with Gasteiger partial charge in [-0.15, -0.1) is 11.3 Å². The zero-order valence-corrected chi connectivity index (χ0v) is 14.4. The van der Waals surface area contributed by atoms with E-state index in [1.165, 1.54) is 49.5 Å². The molecule has 2 nitrogen and oxygen atoms in total. The Morgan fingerprint density at radius 1 is 1.15 bits per heavy atom. The van der Waals surface area contributed by atoms with Crippen molar-refractivity contribution in [2.45, 2.75) is 65.8 Å². The fraction of sp³-hybridized carbons (Fsp3) is 0.824. The van der Waals surface area contributed by atoms with Gasteiger partial charge in [-0.25, -0.2) is 4.98 Å². The van der Waals surface area contributed by atoms with E-state index in [4.69, 9.17) is 4.98 Å². The second-order valence-corrected chi connectivity index (χ2v) is 8.02. The van der Waals surface area contributed by atoms with E-state index >= 15 is 0 Å². The van der Waals surface area contributed by atoms with Gasteiger partial charge < -0.3 is 0 Å². The van der Waals surface area contributed by atoms with Crippen molar-refractivity contribution in [1.82, 2.24) is 9.88 Å². The van der Waals surface area contributed by atoms with Crippen LogP contribution < -0.4 is 0 Å². The highest BCUT2D eigenvalue weighted by Crippen LogP contribution is 2.40. The summed E-state index contributed by atoms with van der Waals surface area (Å²) in [5.41, 5.74) is 1.36. The van der Waals surface area contributed by atoms with Gasteiger partial charge >= 0.3 is 0 Å². The first kappa shape index (κ1) is 16.0. The highest BCUT2D eigenvalue weighted by atomic mass is 32.1. The van der Waals surface area contributed by atoms with Crippen molar-refractivity contribution in [3.63, 3.8) is 0 Å². The topological polar surface area (TPSA) is 16.1 Å². The zero-order valence-electron chi connectivity index (χ0n) is 13.6. The fourth-order valence-corrected chi connectivity index (χ4v) is 3.22. The van der Waals surface area contributed by atoms with E-state index in [2.05, 4.69) is 38.0 Å². The number of hydrogen-bond acceptors (Lipinski definition) is 3. The number of thiazole rings is 1. The molecular formula is C17H30N2S. The summed E-state index contributed by atoms with van der Waals surface area (Å²) >= 11 is 1.86. The Balaban J connectivity index is 1.86. The number of rotatable bonds is 9. The van der Waals surface area contributed by atoms with E-state index < -0.39 is 0 Å². The number of nitrogens with zero attached hydrogens (tertiary/aromatic N) is 2. The van der Waals surface area contributed by atoms with E-state index in [-0.39, 0.29) is 0 Å². The first-order valence-electron chi connectivity index (χ1n) is 8.21. The molecule has 0 amide bonds. The molecule has 0 saturated heterocycles. The van der Waals surface area contributed by atoms with Crippen LogP contribution in [0, 0.1) is 11.8 Å². The average Bonchev–Trinajstić information content (AvgIpc) is 3.13. The summed E-state index contributed by atoms with van der Waals surface area (Å²) in [6, 6.07) is 0. The number of hydrogen-bond donors (Lipinski definition) is 0. The highest BCUT2D eigenvalue weighted by molar-refractivity contribution is 7.09. The zero-order chi connectivity index (χ0) is 14.5. The SMILES string of the molecule is CC(C)CCN(CCC(C)C)Cc1nc(C2CC2)cs1. The van der Waals surface area contributed by atoms with Crippen LogP contribution in [0.25, 0.3) is 0 Å². The van der Waals surface area contributed by atoms with Gasteiger partial charge in [-0.05, 0) is 50.6 Å². The van der Waals surface area contributed by atoms with Gasteiger partial charge in [-0.2, -0.15) is 0 Å². The normalized spacial score (nSPS) is 15.8. The molecule has 114 valence electrons. The highest BCUT2D eigenvalue weighted by Gasteiger charge is 2.26. The van der Waals surface area contributed by atoms with Crippen LogP contribution in [0.4, 0.5) is 0 Å². The molecule has 0 unspecified atom stereocenters. The third kappa shape index (κ3) is 5.53. The average molecular weight is 295 g/mol. The summed E-state index contributed by atoms with van der Waals surface area (Å²) in [5, 5.41) is 3.61. The molecule has 1 aromatic rings. The number of aromatic nitrogens is 1. The van der Waals surface area contributed by atoms with Crippen molar-refractivity contribution >= 4 is 11.3 Å². The molecule has 20 heavy (non-hydrogen) atoms. The lowest BCUT2D eigenvalue weighted by atomic mass is 10.1. The van der Waals surface area contributed by atoms with Crippen LogP contribution >= 0.6 is 11.3 Å². The van der Waals surface area contributed by atoms with Gasteiger partial charge in [-0.1, -0.05) is 27.7 Å². The monoisotopic (exact) mass is 294 g/mol. The maximum absolute atomic E-state index is 4.84. The van der Waals surface area contributed by atoms with E-state index in [1.54, 1.807) is 0 Å². The first-order chi connectivity index (χ1) is 9.54. The largest absolute Gasteiger partial charge is 0.297 e. The second-order valence-electron chi connectivity index (χ2n) is 7.08. The lowest BCUT2D eigenvalue weighted by molar-refractivity contribution is 0.235. The third-order valence-corrected chi connectivity index (χ3v) is 4.82. The minimum absolute atomic E-state index is 0.787. The van der Waals surface area contributed by atoms with Gasteiger partial charge in [0.15, 0.2) is 0 Å². The van der Waals surface area contributed by atoms with Gasteiger partial charge in [0.1, 0.15) is 5.01 Å². The quantitative estimate of drug-likeness (QED) is 0.643. The maximum atomic E-state index is 4.84. The molecule has 1 fully saturated rings. The Kier molecular flexibility index (Phi) is 6.03. The van der Waals surface area contributed by atoms with Gasteiger partial charge in [0.25, 0.3) is 0 Å². The third-order valence-electron chi connectivity index (χ3n) is 3.97. The van der Waals surface area contributed by atoms with E-state index in [9.17, 15) is 0 Å². The predicted octanol–water partition coefficient (Wildman–Crippen LogP) is 4.91. The predicted molar refractivity (Wildman–Crippen MR) is 88.3 cm³/mol. The second kappa shape index (κ2) is 7.56. The Morgan fingerprint density at radius 3 is 2.25 bits per heavy atom. The summed E-state index contributed by atoms with van der Waals surface area (Å²) in [6.07, 6.45) is 5.29. The van der Waals surface area contributed by atoms with Gasteiger partial charge in [0.05, 0.1) is 12.2 Å². The molecule has 0 spiro atoms. The van der Waals surface area contributed by atoms with Crippen molar-refractivity contribution in [2.24, 2.45) is 11.8 Å². The Labute approximate surface area is 128 Å². The molecule has 0 bridgehead atoms. The van der Waals surface area contributed by atoms with Crippen molar-refractivity contribution in [2.75, 3.05) is 13.1 Å². The molecule has 1 heterocycles. The minimum atomic E-state index is 0.787. The molecule has 0 N–H and O–H groups in total. The fourth-order valence-electron chi connectivity index (χ4n) is 2.31. The van der Waals surface area contributed by atoms with E-state index in [1.807, 2.05) is 11.3 Å². The summed E-state index contributed by atoms with van der Waals surface area (Å²) in [6.45, 7) is 12.7. The smallest absolute Gasteiger partial charge is 0.107 e. The molecule has 2 rings (SSSR count). The van der Waals surface area contributed by atoms with Crippen LogP contribution in [-0.4, -0.2) is 23.0 Å². The van der Waals surface area contributed by atoms with E-state index in [0.717, 1.165) is 24.3 Å². The molecule has 0 atom stereocenters. The van der Waals surface area contributed by atoms with Crippen LogP contribution in [0.15, 0.2) is 5.38 Å². The summed E-state index contributed by atoms with van der Waals surface area (Å²) < 4.78 is 0. The Bertz CT molecular complexity index is 381. The van der Waals surface area contributed by atoms with Crippen LogP contribution in [-0.2, 0) is 6.54 Å². The Morgan fingerprint density at radius 2 is 1.75 bits per heavy atom. The molecule has 1 aromatic heterocycles. The van der Waals surface area contributed by atoms with Crippen molar-refractivity contribution in [3.05, 3.63) is 16.1 Å². The molecule has 0 radical (unpaired) electrons. The van der Waals surface area contributed by atoms with Crippen LogP contribution in [0.2, 0.25) is 0 Å². The van der Waals surface area contributed by atoms with Crippen molar-refractivity contribution < 1.29 is 0 Å². The molecular weight excluding hydrogens is 264 g/mol. The van der Waals surface area contributed by atoms with E-state index in [0.29, 0.717) is 0 Å². The maximum Gasteiger partial charge on any atom is 0.107 e. The molecule has 1 aliphatic carbocycles. The van der Waals surface area contributed by atoms with Crippen LogP contribution in [0.3, 0.4) is 0 Å². The standard InChI is InChI=1S/C17H30N2S/c1-13(2)7-9-19(10-8-14(3)4)11-17-18-16(12-20-17)15-5-6-15/h12-15H,5-11H2,1-4H3. The van der Waals surface area contributed by atoms with Crippen molar-refractivity contribution in [1.29, 1.82) is 0 Å². The lowest BCUT2D eigenvalue weighted by Crippen LogP contribution is -2.27. The molecule has 1 saturated carbocycles. The van der Waals surface area contributed by atoms with Crippen molar-refractivity contribution in [3.8, 4) is 0 Å². The molecule has 0 aliphatic heterocycles. The molecule has 0 aromatic carbocycles. The van der Waals surface area contributed by atoms with Gasteiger partial charge in [0.2, 0.25) is 0 Å². The summed E-state index contributed by atoms with van der Waals surface area (Å²) in [7, 11) is 0. The minimum Gasteiger partial charge on any atom is -0.297 e. The van der Waals surface area contributed by atoms with Crippen LogP contribution in [0.5, 0.6) is 0 Å². The van der Waals surface area contributed by atoms with Crippen LogP contribution in [0.1, 0.15) is 70.0 Å². The molecule has 3 heteroatoms. The molecule has 1 aliphatic rings. The summed E-state index contributed by atoms with van der Waals surface area (Å²) in [5.74, 6) is 2.37.